The van der Waals surface area contributed by atoms with E-state index in [-0.39, 0.29) is 5.69 Å². The van der Waals surface area contributed by atoms with E-state index in [0.717, 1.165) is 0 Å². The summed E-state index contributed by atoms with van der Waals surface area (Å²) < 4.78 is 0. The molecular weight excluding hydrogens is 144 g/mol. The van der Waals surface area contributed by atoms with Crippen LogP contribution in [0.15, 0.2) is 23.3 Å². The van der Waals surface area contributed by atoms with Crippen LogP contribution in [0.25, 0.3) is 11.0 Å². The molecule has 2 aromatic heterocycles. The second kappa shape index (κ2) is 2.12. The van der Waals surface area contributed by atoms with Crippen LogP contribution in [-0.2, 0) is 0 Å². The van der Waals surface area contributed by atoms with E-state index in [4.69, 9.17) is 0 Å². The maximum atomic E-state index is 10.7. The molecule has 2 rings (SSSR count). The number of nitrogens with zero attached hydrogens (tertiary/aromatic N) is 3. The third-order valence-electron chi connectivity index (χ3n) is 1.29. The van der Waals surface area contributed by atoms with Crippen molar-refractivity contribution in [3.63, 3.8) is 0 Å². The maximum Gasteiger partial charge on any atom is 0.345 e. The van der Waals surface area contributed by atoms with Gasteiger partial charge in [-0.15, -0.1) is 5.10 Å². The first kappa shape index (κ1) is 5.96. The average molecular weight is 148 g/mol. The maximum absolute atomic E-state index is 10.7. The van der Waals surface area contributed by atoms with Gasteiger partial charge in [-0.25, -0.2) is 4.79 Å². The average Bonchev–Trinajstić information content (AvgIpc) is 2.04. The van der Waals surface area contributed by atoms with Crippen LogP contribution >= 0.6 is 0 Å². The van der Waals surface area contributed by atoms with Gasteiger partial charge in [-0.1, -0.05) is 0 Å². The summed E-state index contributed by atoms with van der Waals surface area (Å²) in [5.41, 5.74) is 0.873. The zero-order valence-corrected chi connectivity index (χ0v) is 5.48. The number of aromatic nitrogens is 4. The van der Waals surface area contributed by atoms with Crippen molar-refractivity contribution in [3.05, 3.63) is 28.9 Å². The highest BCUT2D eigenvalue weighted by atomic mass is 16.1. The number of nitrogens with one attached hydrogen (secondary N) is 1. The summed E-state index contributed by atoms with van der Waals surface area (Å²) in [5, 5.41) is 7.37. The highest BCUT2D eigenvalue weighted by Gasteiger charge is 1.92. The van der Waals surface area contributed by atoms with Gasteiger partial charge in [0.2, 0.25) is 0 Å². The summed E-state index contributed by atoms with van der Waals surface area (Å²) in [4.78, 5) is 16.7. The first-order valence-corrected chi connectivity index (χ1v) is 3.03. The molecule has 0 spiro atoms. The minimum absolute atomic E-state index is 0.370. The zero-order valence-electron chi connectivity index (χ0n) is 5.48. The summed E-state index contributed by atoms with van der Waals surface area (Å²) in [7, 11) is 0. The molecule has 0 amide bonds. The van der Waals surface area contributed by atoms with Gasteiger partial charge in [0.15, 0.2) is 0 Å². The smallest absolute Gasteiger partial charge is 0.304 e. The second-order valence-electron chi connectivity index (χ2n) is 2.02. The fourth-order valence-electron chi connectivity index (χ4n) is 0.811. The molecule has 0 fully saturated rings. The van der Waals surface area contributed by atoms with E-state index in [0.29, 0.717) is 11.0 Å². The fourth-order valence-corrected chi connectivity index (χ4v) is 0.811. The Morgan fingerprint density at radius 2 is 2.36 bits per heavy atom. The lowest BCUT2D eigenvalue weighted by molar-refractivity contribution is 1.03. The van der Waals surface area contributed by atoms with Gasteiger partial charge in [0.25, 0.3) is 0 Å². The minimum atomic E-state index is -0.370. The molecule has 0 radical (unpaired) electrons. The van der Waals surface area contributed by atoms with Crippen molar-refractivity contribution in [1.82, 2.24) is 20.2 Å². The van der Waals surface area contributed by atoms with Crippen LogP contribution in [0.4, 0.5) is 0 Å². The van der Waals surface area contributed by atoms with Crippen molar-refractivity contribution in [2.24, 2.45) is 0 Å². The molecule has 0 bridgehead atoms. The Morgan fingerprint density at radius 3 is 3.27 bits per heavy atom. The molecule has 0 atom stereocenters. The van der Waals surface area contributed by atoms with Crippen LogP contribution in [-0.4, -0.2) is 20.2 Å². The van der Waals surface area contributed by atoms with E-state index >= 15 is 0 Å². The van der Waals surface area contributed by atoms with Crippen molar-refractivity contribution in [3.8, 4) is 0 Å². The van der Waals surface area contributed by atoms with Crippen LogP contribution in [0.2, 0.25) is 0 Å². The van der Waals surface area contributed by atoms with Crippen LogP contribution in [0.5, 0.6) is 0 Å². The molecule has 54 valence electrons. The quantitative estimate of drug-likeness (QED) is 0.557. The van der Waals surface area contributed by atoms with E-state index in [9.17, 15) is 4.79 Å². The lowest BCUT2D eigenvalue weighted by Gasteiger charge is -1.90. The molecular formula is C6H4N4O. The largest absolute Gasteiger partial charge is 0.345 e. The van der Waals surface area contributed by atoms with Crippen molar-refractivity contribution in [1.29, 1.82) is 0 Å². The van der Waals surface area contributed by atoms with E-state index in [1.165, 1.54) is 12.4 Å². The highest BCUT2D eigenvalue weighted by Crippen LogP contribution is 1.98. The number of hydrogen-bond donors (Lipinski definition) is 1. The topological polar surface area (TPSA) is 71.5 Å². The van der Waals surface area contributed by atoms with Gasteiger partial charge < -0.3 is 4.98 Å². The normalized spacial score (nSPS) is 10.2. The Bertz CT molecular complexity index is 436. The zero-order chi connectivity index (χ0) is 7.68. The molecule has 0 aliphatic rings. The van der Waals surface area contributed by atoms with Gasteiger partial charge in [-0.2, -0.15) is 10.1 Å². The molecule has 1 N–H and O–H groups in total. The van der Waals surface area contributed by atoms with Crippen LogP contribution in [0.3, 0.4) is 0 Å². The molecule has 5 heteroatoms. The van der Waals surface area contributed by atoms with Gasteiger partial charge in [0.1, 0.15) is 5.52 Å². The number of aromatic amines is 1. The standard InChI is InChI=1S/C6H4N4O/c11-6-7-3-5-4(9-6)1-2-8-10-5/h1-3H,(H,7,9,11). The van der Waals surface area contributed by atoms with Crippen LogP contribution in [0.1, 0.15) is 0 Å². The van der Waals surface area contributed by atoms with Gasteiger partial charge in [0, 0.05) is 0 Å². The second-order valence-corrected chi connectivity index (χ2v) is 2.02. The molecule has 0 aromatic carbocycles. The van der Waals surface area contributed by atoms with Crippen molar-refractivity contribution < 1.29 is 0 Å². The van der Waals surface area contributed by atoms with E-state index in [2.05, 4.69) is 20.2 Å². The predicted octanol–water partition coefficient (Wildman–Crippen LogP) is -0.287. The summed E-state index contributed by atoms with van der Waals surface area (Å²) in [6.07, 6.45) is 2.90. The van der Waals surface area contributed by atoms with E-state index in [1.807, 2.05) is 0 Å². The first-order valence-electron chi connectivity index (χ1n) is 3.03. The fraction of sp³-hybridized carbons (Fsp3) is 0. The van der Waals surface area contributed by atoms with Crippen molar-refractivity contribution in [2.45, 2.75) is 0 Å². The molecule has 0 aliphatic carbocycles. The van der Waals surface area contributed by atoms with E-state index in [1.54, 1.807) is 6.07 Å². The molecule has 0 saturated carbocycles. The monoisotopic (exact) mass is 148 g/mol. The Morgan fingerprint density at radius 1 is 1.45 bits per heavy atom. The lowest BCUT2D eigenvalue weighted by atomic mass is 10.4. The molecule has 0 saturated heterocycles. The van der Waals surface area contributed by atoms with Crippen LogP contribution in [0, 0.1) is 0 Å². The Hall–Kier alpha value is -1.78. The molecule has 11 heavy (non-hydrogen) atoms. The predicted molar refractivity (Wildman–Crippen MR) is 38.0 cm³/mol. The lowest BCUT2D eigenvalue weighted by Crippen LogP contribution is -2.08. The molecule has 5 nitrogen and oxygen atoms in total. The molecule has 0 aliphatic heterocycles. The highest BCUT2D eigenvalue weighted by molar-refractivity contribution is 5.70. The molecule has 0 unspecified atom stereocenters. The number of fused-ring (bicyclic) bond motifs is 1. The minimum Gasteiger partial charge on any atom is -0.304 e. The van der Waals surface area contributed by atoms with Crippen molar-refractivity contribution in [2.75, 3.05) is 0 Å². The SMILES string of the molecule is O=c1ncc2nnccc2[nH]1. The summed E-state index contributed by atoms with van der Waals surface area (Å²) >= 11 is 0. The molecule has 2 aromatic rings. The Kier molecular flexibility index (Phi) is 1.15. The summed E-state index contributed by atoms with van der Waals surface area (Å²) in [5.74, 6) is 0. The number of H-pyrrole nitrogens is 1. The number of rotatable bonds is 0. The van der Waals surface area contributed by atoms with Gasteiger partial charge in [-0.05, 0) is 6.07 Å². The van der Waals surface area contributed by atoms with Gasteiger partial charge >= 0.3 is 5.69 Å². The third-order valence-corrected chi connectivity index (χ3v) is 1.29. The third kappa shape index (κ3) is 0.958. The summed E-state index contributed by atoms with van der Waals surface area (Å²) in [6, 6.07) is 1.67. The van der Waals surface area contributed by atoms with Crippen LogP contribution < -0.4 is 5.69 Å². The summed E-state index contributed by atoms with van der Waals surface area (Å²) in [6.45, 7) is 0. The van der Waals surface area contributed by atoms with Gasteiger partial charge in [-0.3, -0.25) is 0 Å². The van der Waals surface area contributed by atoms with Gasteiger partial charge in [0.05, 0.1) is 17.9 Å². The Labute approximate surface area is 61.1 Å². The number of hydrogen-bond acceptors (Lipinski definition) is 4. The van der Waals surface area contributed by atoms with E-state index < -0.39 is 0 Å². The molecule has 2 heterocycles. The van der Waals surface area contributed by atoms with Crippen molar-refractivity contribution >= 4 is 11.0 Å². The first-order chi connectivity index (χ1) is 5.36. The Balaban J connectivity index is 2.94.